The average Bonchev–Trinajstić information content (AvgIpc) is 2.39. The smallest absolute Gasteiger partial charge is 0.0552 e. The Kier molecular flexibility index (Phi) is 3.94. The topological polar surface area (TPSA) is 38.2 Å². The Bertz CT molecular complexity index is 494. The van der Waals surface area contributed by atoms with Crippen LogP contribution in [0.2, 0.25) is 0 Å². The molecule has 3 rings (SSSR count). The quantitative estimate of drug-likeness (QED) is 0.835. The first-order valence-corrected chi connectivity index (χ1v) is 6.85. The van der Waals surface area contributed by atoms with E-state index in [0.29, 0.717) is 0 Å². The van der Waals surface area contributed by atoms with Gasteiger partial charge in [-0.2, -0.15) is 0 Å². The fourth-order valence-corrected chi connectivity index (χ4v) is 3.34. The Hall–Kier alpha value is -1.45. The average molecular weight is 258 g/mol. The van der Waals surface area contributed by atoms with E-state index in [2.05, 4.69) is 60.4 Å². The molecule has 0 saturated heterocycles. The SMILES string of the molecule is CCCN1c2ccccc2Sc2ccccc21.N. The van der Waals surface area contributed by atoms with Gasteiger partial charge in [0, 0.05) is 16.3 Å². The van der Waals surface area contributed by atoms with Crippen molar-refractivity contribution in [3.8, 4) is 0 Å². The third-order valence-electron chi connectivity index (χ3n) is 2.98. The van der Waals surface area contributed by atoms with Crippen molar-refractivity contribution in [3.05, 3.63) is 48.5 Å². The molecule has 1 aliphatic heterocycles. The van der Waals surface area contributed by atoms with Gasteiger partial charge in [0.05, 0.1) is 11.4 Å². The highest BCUT2D eigenvalue weighted by Gasteiger charge is 2.21. The van der Waals surface area contributed by atoms with Crippen LogP contribution in [0.25, 0.3) is 0 Å². The zero-order valence-electron chi connectivity index (χ0n) is 10.6. The number of fused-ring (bicyclic) bond motifs is 2. The minimum absolute atomic E-state index is 0. The first-order valence-electron chi connectivity index (χ1n) is 6.03. The monoisotopic (exact) mass is 258 g/mol. The fraction of sp³-hybridized carbons (Fsp3) is 0.200. The molecule has 1 aliphatic rings. The fourth-order valence-electron chi connectivity index (χ4n) is 2.25. The summed E-state index contributed by atoms with van der Waals surface area (Å²) in [5.41, 5.74) is 2.69. The number of hydrogen-bond acceptors (Lipinski definition) is 3. The molecule has 0 saturated carbocycles. The Morgan fingerprint density at radius 3 is 1.89 bits per heavy atom. The molecule has 0 spiro atoms. The molecule has 2 aromatic rings. The molecule has 3 heteroatoms. The van der Waals surface area contributed by atoms with E-state index in [9.17, 15) is 0 Å². The van der Waals surface area contributed by atoms with E-state index in [4.69, 9.17) is 0 Å². The summed E-state index contributed by atoms with van der Waals surface area (Å²) in [4.78, 5) is 5.15. The van der Waals surface area contributed by atoms with Crippen LogP contribution < -0.4 is 11.1 Å². The van der Waals surface area contributed by atoms with E-state index in [0.717, 1.165) is 13.0 Å². The van der Waals surface area contributed by atoms with Gasteiger partial charge in [-0.3, -0.25) is 0 Å². The molecular formula is C15H18N2S. The van der Waals surface area contributed by atoms with Gasteiger partial charge in [0.25, 0.3) is 0 Å². The number of rotatable bonds is 2. The molecule has 0 aliphatic carbocycles. The van der Waals surface area contributed by atoms with Crippen molar-refractivity contribution in [1.82, 2.24) is 6.15 Å². The summed E-state index contributed by atoms with van der Waals surface area (Å²) in [6, 6.07) is 17.3. The van der Waals surface area contributed by atoms with Crippen molar-refractivity contribution >= 4 is 23.1 Å². The molecule has 2 aromatic carbocycles. The van der Waals surface area contributed by atoms with Crippen LogP contribution in [-0.2, 0) is 0 Å². The summed E-state index contributed by atoms with van der Waals surface area (Å²) in [7, 11) is 0. The van der Waals surface area contributed by atoms with Gasteiger partial charge >= 0.3 is 0 Å². The molecule has 0 atom stereocenters. The molecule has 0 unspecified atom stereocenters. The summed E-state index contributed by atoms with van der Waals surface area (Å²) in [6.07, 6.45) is 1.16. The van der Waals surface area contributed by atoms with Crippen molar-refractivity contribution in [2.45, 2.75) is 23.1 Å². The van der Waals surface area contributed by atoms with E-state index in [1.807, 2.05) is 11.8 Å². The highest BCUT2D eigenvalue weighted by Crippen LogP contribution is 2.47. The first kappa shape index (κ1) is 13.0. The van der Waals surface area contributed by atoms with E-state index < -0.39 is 0 Å². The normalized spacial score (nSPS) is 12.4. The molecule has 94 valence electrons. The summed E-state index contributed by atoms with van der Waals surface area (Å²) in [6.45, 7) is 3.31. The van der Waals surface area contributed by atoms with E-state index in [1.165, 1.54) is 21.2 Å². The van der Waals surface area contributed by atoms with Crippen LogP contribution >= 0.6 is 11.8 Å². The maximum Gasteiger partial charge on any atom is 0.0552 e. The molecule has 0 radical (unpaired) electrons. The van der Waals surface area contributed by atoms with Crippen molar-refractivity contribution in [1.29, 1.82) is 0 Å². The van der Waals surface area contributed by atoms with Crippen molar-refractivity contribution < 1.29 is 0 Å². The summed E-state index contributed by atoms with van der Waals surface area (Å²) < 4.78 is 0. The maximum absolute atomic E-state index is 2.43. The molecule has 3 N–H and O–H groups in total. The minimum atomic E-state index is 0. The number of anilines is 2. The largest absolute Gasteiger partial charge is 0.344 e. The van der Waals surface area contributed by atoms with Gasteiger partial charge in [0.15, 0.2) is 0 Å². The maximum atomic E-state index is 2.43. The lowest BCUT2D eigenvalue weighted by Crippen LogP contribution is -2.21. The summed E-state index contributed by atoms with van der Waals surface area (Å²) in [5, 5.41) is 0. The van der Waals surface area contributed by atoms with Gasteiger partial charge in [-0.15, -0.1) is 0 Å². The molecule has 0 aromatic heterocycles. The zero-order valence-corrected chi connectivity index (χ0v) is 11.4. The lowest BCUT2D eigenvalue weighted by atomic mass is 10.2. The lowest BCUT2D eigenvalue weighted by molar-refractivity contribution is 0.866. The summed E-state index contributed by atoms with van der Waals surface area (Å²) in [5.74, 6) is 0. The molecule has 0 fully saturated rings. The van der Waals surface area contributed by atoms with E-state index >= 15 is 0 Å². The zero-order chi connectivity index (χ0) is 11.7. The summed E-state index contributed by atoms with van der Waals surface area (Å²) >= 11 is 1.87. The molecule has 2 nitrogen and oxygen atoms in total. The predicted octanol–water partition coefficient (Wildman–Crippen LogP) is 4.86. The highest BCUT2D eigenvalue weighted by molar-refractivity contribution is 7.99. The second kappa shape index (κ2) is 5.46. The predicted molar refractivity (Wildman–Crippen MR) is 79.3 cm³/mol. The number of benzene rings is 2. The van der Waals surface area contributed by atoms with Gasteiger partial charge in [-0.05, 0) is 30.7 Å². The van der Waals surface area contributed by atoms with Crippen molar-refractivity contribution in [3.63, 3.8) is 0 Å². The second-order valence-corrected chi connectivity index (χ2v) is 5.27. The van der Waals surface area contributed by atoms with Crippen LogP contribution in [0.3, 0.4) is 0 Å². The number of para-hydroxylation sites is 2. The van der Waals surface area contributed by atoms with Crippen molar-refractivity contribution in [2.75, 3.05) is 11.4 Å². The molecule has 18 heavy (non-hydrogen) atoms. The highest BCUT2D eigenvalue weighted by atomic mass is 32.2. The Balaban J connectivity index is 0.00000120. The Labute approximate surface area is 113 Å². The lowest BCUT2D eigenvalue weighted by Gasteiger charge is -2.32. The van der Waals surface area contributed by atoms with E-state index in [1.54, 1.807) is 0 Å². The van der Waals surface area contributed by atoms with Gasteiger partial charge in [-0.1, -0.05) is 43.0 Å². The van der Waals surface area contributed by atoms with Crippen LogP contribution in [0.4, 0.5) is 11.4 Å². The Morgan fingerprint density at radius 2 is 1.39 bits per heavy atom. The van der Waals surface area contributed by atoms with Crippen LogP contribution in [-0.4, -0.2) is 6.54 Å². The third-order valence-corrected chi connectivity index (χ3v) is 4.11. The molecule has 1 heterocycles. The van der Waals surface area contributed by atoms with Crippen LogP contribution in [0, 0.1) is 0 Å². The van der Waals surface area contributed by atoms with Crippen LogP contribution in [0.5, 0.6) is 0 Å². The standard InChI is InChI=1S/C15H15NS.H3N/c1-2-11-16-12-7-3-5-9-14(12)17-15-10-6-4-8-13(15)16;/h3-10H,2,11H2,1H3;1H3. The van der Waals surface area contributed by atoms with Gasteiger partial charge in [-0.25, -0.2) is 0 Å². The molecule has 0 bridgehead atoms. The third kappa shape index (κ3) is 2.11. The number of hydrogen-bond donors (Lipinski definition) is 1. The first-order chi connectivity index (χ1) is 8.40. The molecule has 0 amide bonds. The Morgan fingerprint density at radius 1 is 0.889 bits per heavy atom. The molecular weight excluding hydrogens is 240 g/mol. The van der Waals surface area contributed by atoms with Crippen LogP contribution in [0.1, 0.15) is 13.3 Å². The van der Waals surface area contributed by atoms with Gasteiger partial charge < -0.3 is 11.1 Å². The van der Waals surface area contributed by atoms with Crippen molar-refractivity contribution in [2.24, 2.45) is 0 Å². The van der Waals surface area contributed by atoms with Crippen LogP contribution in [0.15, 0.2) is 58.3 Å². The second-order valence-electron chi connectivity index (χ2n) is 4.19. The van der Waals surface area contributed by atoms with E-state index in [-0.39, 0.29) is 6.15 Å². The van der Waals surface area contributed by atoms with Gasteiger partial charge in [0.2, 0.25) is 0 Å². The number of nitrogens with zero attached hydrogens (tertiary/aromatic N) is 1. The van der Waals surface area contributed by atoms with Gasteiger partial charge in [0.1, 0.15) is 0 Å². The minimum Gasteiger partial charge on any atom is -0.344 e.